The topological polar surface area (TPSA) is 50.5 Å². The summed E-state index contributed by atoms with van der Waals surface area (Å²) in [5.41, 5.74) is 2.49. The first kappa shape index (κ1) is 17.9. The molecule has 0 saturated carbocycles. The van der Waals surface area contributed by atoms with E-state index in [4.69, 9.17) is 4.42 Å². The molecule has 0 spiro atoms. The van der Waals surface area contributed by atoms with Gasteiger partial charge in [0, 0.05) is 13.1 Å². The number of amides is 1. The fourth-order valence-corrected chi connectivity index (χ4v) is 3.05. The third-order valence-corrected chi connectivity index (χ3v) is 4.41. The van der Waals surface area contributed by atoms with Crippen LogP contribution in [0.2, 0.25) is 0 Å². The van der Waals surface area contributed by atoms with E-state index in [1.807, 2.05) is 31.2 Å². The number of para-hydroxylation sites is 1. The van der Waals surface area contributed by atoms with Crippen LogP contribution in [0.25, 0.3) is 11.0 Å². The number of carbonyl (C=O) groups is 1. The van der Waals surface area contributed by atoms with Crippen molar-refractivity contribution in [1.82, 2.24) is 4.90 Å². The molecule has 0 radical (unpaired) electrons. The van der Waals surface area contributed by atoms with Gasteiger partial charge in [0.1, 0.15) is 17.4 Å². The zero-order valence-corrected chi connectivity index (χ0v) is 15.4. The summed E-state index contributed by atoms with van der Waals surface area (Å²) in [6.07, 6.45) is 1.29. The van der Waals surface area contributed by atoms with E-state index < -0.39 is 0 Å². The molecule has 3 aromatic rings. The van der Waals surface area contributed by atoms with E-state index in [1.54, 1.807) is 29.2 Å². The molecule has 0 bridgehead atoms. The Hall–Kier alpha value is -2.88. The summed E-state index contributed by atoms with van der Waals surface area (Å²) >= 11 is 0. The second kappa shape index (κ2) is 7.56. The molecular formula is C22H23NO3. The number of hydrogen-bond donors (Lipinski definition) is 0. The average molecular weight is 349 g/mol. The van der Waals surface area contributed by atoms with E-state index in [-0.39, 0.29) is 22.8 Å². The molecule has 4 nitrogen and oxygen atoms in total. The number of carbonyl (C=O) groups excluding carboxylic acids is 1. The molecule has 1 amide bonds. The van der Waals surface area contributed by atoms with Crippen molar-refractivity contribution >= 4 is 16.9 Å². The van der Waals surface area contributed by atoms with Crippen molar-refractivity contribution < 1.29 is 9.21 Å². The summed E-state index contributed by atoms with van der Waals surface area (Å²) in [6, 6.07) is 15.0. The van der Waals surface area contributed by atoms with Crippen molar-refractivity contribution in [2.24, 2.45) is 5.92 Å². The predicted octanol–water partition coefficient (Wildman–Crippen LogP) is 4.40. The first-order chi connectivity index (χ1) is 12.5. The quantitative estimate of drug-likeness (QED) is 0.686. The minimum absolute atomic E-state index is 0.0814. The third-order valence-electron chi connectivity index (χ3n) is 4.41. The van der Waals surface area contributed by atoms with Gasteiger partial charge in [-0.25, -0.2) is 0 Å². The SMILES string of the molecule is Cc1ccccc1CN(CC(C)C)C(=O)c1coc2ccccc2c1=O. The molecule has 134 valence electrons. The molecule has 2 aromatic carbocycles. The monoisotopic (exact) mass is 349 g/mol. The van der Waals surface area contributed by atoms with Crippen molar-refractivity contribution in [2.45, 2.75) is 27.3 Å². The fourth-order valence-electron chi connectivity index (χ4n) is 3.05. The highest BCUT2D eigenvalue weighted by atomic mass is 16.3. The Labute approximate surface area is 153 Å². The normalized spacial score (nSPS) is 11.1. The molecule has 0 saturated heterocycles. The highest BCUT2D eigenvalue weighted by Gasteiger charge is 2.22. The largest absolute Gasteiger partial charge is 0.463 e. The van der Waals surface area contributed by atoms with Crippen LogP contribution < -0.4 is 5.43 Å². The number of rotatable bonds is 5. The van der Waals surface area contributed by atoms with Gasteiger partial charge >= 0.3 is 0 Å². The number of aryl methyl sites for hydroxylation is 1. The number of benzene rings is 2. The van der Waals surface area contributed by atoms with Crippen LogP contribution in [-0.4, -0.2) is 17.4 Å². The minimum Gasteiger partial charge on any atom is -0.463 e. The summed E-state index contributed by atoms with van der Waals surface area (Å²) in [6.45, 7) is 7.18. The lowest BCUT2D eigenvalue weighted by Gasteiger charge is -2.25. The Balaban J connectivity index is 1.99. The van der Waals surface area contributed by atoms with Crippen molar-refractivity contribution in [3.63, 3.8) is 0 Å². The number of nitrogens with zero attached hydrogens (tertiary/aromatic N) is 1. The summed E-state index contributed by atoms with van der Waals surface area (Å²) in [4.78, 5) is 27.6. The van der Waals surface area contributed by atoms with Gasteiger partial charge in [-0.1, -0.05) is 50.2 Å². The second-order valence-corrected chi connectivity index (χ2v) is 6.98. The van der Waals surface area contributed by atoms with Crippen LogP contribution in [0, 0.1) is 12.8 Å². The van der Waals surface area contributed by atoms with E-state index in [0.29, 0.717) is 24.1 Å². The molecule has 0 unspecified atom stereocenters. The van der Waals surface area contributed by atoms with Crippen LogP contribution >= 0.6 is 0 Å². The summed E-state index contributed by atoms with van der Waals surface area (Å²) in [5, 5.41) is 0.429. The first-order valence-corrected chi connectivity index (χ1v) is 8.81. The molecule has 1 aromatic heterocycles. The molecule has 0 N–H and O–H groups in total. The standard InChI is InChI=1S/C22H23NO3/c1-15(2)12-23(13-17-9-5-4-8-16(17)3)22(25)19-14-26-20-11-7-6-10-18(20)21(19)24/h4-11,14-15H,12-13H2,1-3H3. The molecule has 0 aliphatic heterocycles. The molecule has 4 heteroatoms. The van der Waals surface area contributed by atoms with Gasteiger partial charge in [-0.15, -0.1) is 0 Å². The summed E-state index contributed by atoms with van der Waals surface area (Å²) < 4.78 is 5.53. The molecule has 0 atom stereocenters. The molecule has 0 fully saturated rings. The first-order valence-electron chi connectivity index (χ1n) is 8.81. The van der Waals surface area contributed by atoms with Crippen LogP contribution in [0.1, 0.15) is 35.3 Å². The lowest BCUT2D eigenvalue weighted by atomic mass is 10.1. The lowest BCUT2D eigenvalue weighted by Crippen LogP contribution is -2.36. The van der Waals surface area contributed by atoms with Crippen molar-refractivity contribution in [3.05, 3.63) is 81.7 Å². The molecule has 0 aliphatic rings. The van der Waals surface area contributed by atoms with Gasteiger partial charge in [-0.2, -0.15) is 0 Å². The van der Waals surface area contributed by atoms with Gasteiger partial charge in [0.05, 0.1) is 5.39 Å². The fraction of sp³-hybridized carbons (Fsp3) is 0.273. The number of hydrogen-bond acceptors (Lipinski definition) is 3. The van der Waals surface area contributed by atoms with Crippen LogP contribution in [0.15, 0.2) is 64.0 Å². The van der Waals surface area contributed by atoms with Gasteiger partial charge < -0.3 is 9.32 Å². The van der Waals surface area contributed by atoms with Crippen LogP contribution in [0.4, 0.5) is 0 Å². The van der Waals surface area contributed by atoms with Crippen molar-refractivity contribution in [1.29, 1.82) is 0 Å². The molecular weight excluding hydrogens is 326 g/mol. The maximum atomic E-state index is 13.1. The Bertz CT molecular complexity index is 988. The maximum absolute atomic E-state index is 13.1. The van der Waals surface area contributed by atoms with Crippen molar-refractivity contribution in [3.8, 4) is 0 Å². The van der Waals surface area contributed by atoms with E-state index in [0.717, 1.165) is 11.1 Å². The molecule has 0 aliphatic carbocycles. The predicted molar refractivity (Wildman–Crippen MR) is 103 cm³/mol. The van der Waals surface area contributed by atoms with E-state index in [9.17, 15) is 9.59 Å². The van der Waals surface area contributed by atoms with E-state index >= 15 is 0 Å². The van der Waals surface area contributed by atoms with E-state index in [2.05, 4.69) is 13.8 Å². The van der Waals surface area contributed by atoms with Gasteiger partial charge in [-0.05, 0) is 36.1 Å². The Morgan fingerprint density at radius 3 is 2.50 bits per heavy atom. The third kappa shape index (κ3) is 3.69. The second-order valence-electron chi connectivity index (χ2n) is 6.98. The van der Waals surface area contributed by atoms with Crippen LogP contribution in [-0.2, 0) is 6.54 Å². The minimum atomic E-state index is -0.290. The molecule has 3 rings (SSSR count). The number of fused-ring (bicyclic) bond motifs is 1. The zero-order chi connectivity index (χ0) is 18.7. The van der Waals surface area contributed by atoms with Crippen LogP contribution in [0.5, 0.6) is 0 Å². The van der Waals surface area contributed by atoms with Gasteiger partial charge in [-0.3, -0.25) is 9.59 Å². The zero-order valence-electron chi connectivity index (χ0n) is 15.4. The molecule has 1 heterocycles. The van der Waals surface area contributed by atoms with Gasteiger partial charge in [0.15, 0.2) is 0 Å². The Morgan fingerprint density at radius 2 is 1.77 bits per heavy atom. The van der Waals surface area contributed by atoms with Gasteiger partial charge in [0.25, 0.3) is 5.91 Å². The van der Waals surface area contributed by atoms with Crippen molar-refractivity contribution in [2.75, 3.05) is 6.54 Å². The maximum Gasteiger partial charge on any atom is 0.261 e. The van der Waals surface area contributed by atoms with Gasteiger partial charge in [0.2, 0.25) is 5.43 Å². The Kier molecular flexibility index (Phi) is 5.21. The highest BCUT2D eigenvalue weighted by molar-refractivity contribution is 5.96. The summed E-state index contributed by atoms with van der Waals surface area (Å²) in [7, 11) is 0. The van der Waals surface area contributed by atoms with Crippen LogP contribution in [0.3, 0.4) is 0 Å². The summed E-state index contributed by atoms with van der Waals surface area (Å²) in [5.74, 6) is -0.00285. The smallest absolute Gasteiger partial charge is 0.261 e. The highest BCUT2D eigenvalue weighted by Crippen LogP contribution is 2.16. The lowest BCUT2D eigenvalue weighted by molar-refractivity contribution is 0.0719. The molecule has 26 heavy (non-hydrogen) atoms. The van der Waals surface area contributed by atoms with E-state index in [1.165, 1.54) is 6.26 Å². The average Bonchev–Trinajstić information content (AvgIpc) is 2.62. The Morgan fingerprint density at radius 1 is 1.08 bits per heavy atom.